The van der Waals surface area contributed by atoms with E-state index in [9.17, 15) is 15.0 Å². The Bertz CT molecular complexity index is 485. The van der Waals surface area contributed by atoms with Gasteiger partial charge in [-0.25, -0.2) is 0 Å². The van der Waals surface area contributed by atoms with Gasteiger partial charge in [0.2, 0.25) is 5.91 Å². The minimum Gasteiger partial charge on any atom is -0.388 e. The molecular formula is C12H13ClN2O3. The van der Waals surface area contributed by atoms with Crippen LogP contribution in [0.25, 0.3) is 0 Å². The van der Waals surface area contributed by atoms with Crippen molar-refractivity contribution in [3.63, 3.8) is 0 Å². The number of hydrogen-bond donors (Lipinski definition) is 3. The van der Waals surface area contributed by atoms with Crippen LogP contribution in [0.15, 0.2) is 18.2 Å². The Morgan fingerprint density at radius 1 is 1.56 bits per heavy atom. The normalized spacial score (nSPS) is 13.5. The summed E-state index contributed by atoms with van der Waals surface area (Å²) >= 11 is 5.78. The maximum absolute atomic E-state index is 10.7. The van der Waals surface area contributed by atoms with E-state index in [4.69, 9.17) is 16.9 Å². The Kier molecular flexibility index (Phi) is 5.10. The number of nitriles is 1. The Labute approximate surface area is 110 Å². The molecule has 0 aliphatic heterocycles. The molecule has 1 aromatic carbocycles. The highest BCUT2D eigenvalue weighted by Crippen LogP contribution is 2.24. The fraction of sp³-hybridized carbons (Fsp3) is 0.333. The van der Waals surface area contributed by atoms with E-state index < -0.39 is 12.2 Å². The number of nitrogens with one attached hydrogen (secondary N) is 1. The summed E-state index contributed by atoms with van der Waals surface area (Å²) in [7, 11) is 0. The molecule has 0 heterocycles. The van der Waals surface area contributed by atoms with Crippen molar-refractivity contribution in [2.75, 3.05) is 6.54 Å². The second-order valence-corrected chi connectivity index (χ2v) is 4.23. The van der Waals surface area contributed by atoms with Gasteiger partial charge in [-0.05, 0) is 18.2 Å². The first-order chi connectivity index (χ1) is 8.45. The lowest BCUT2D eigenvalue weighted by molar-refractivity contribution is -0.119. The molecule has 0 bridgehead atoms. The predicted molar refractivity (Wildman–Crippen MR) is 65.8 cm³/mol. The van der Waals surface area contributed by atoms with Crippen LogP contribution in [0.1, 0.15) is 24.2 Å². The zero-order chi connectivity index (χ0) is 13.7. The van der Waals surface area contributed by atoms with Crippen molar-refractivity contribution in [2.24, 2.45) is 0 Å². The fourth-order valence-electron chi connectivity index (χ4n) is 1.45. The topological polar surface area (TPSA) is 93.3 Å². The fourth-order valence-corrected chi connectivity index (χ4v) is 1.63. The van der Waals surface area contributed by atoms with Crippen molar-refractivity contribution in [1.29, 1.82) is 5.26 Å². The van der Waals surface area contributed by atoms with Crippen LogP contribution in [-0.4, -0.2) is 28.8 Å². The largest absolute Gasteiger partial charge is 0.388 e. The number of aliphatic hydroxyl groups is 2. The van der Waals surface area contributed by atoms with Crippen molar-refractivity contribution in [1.82, 2.24) is 5.32 Å². The molecule has 0 aliphatic rings. The minimum absolute atomic E-state index is 0.103. The lowest BCUT2D eigenvalue weighted by atomic mass is 9.99. The first-order valence-electron chi connectivity index (χ1n) is 5.25. The van der Waals surface area contributed by atoms with Gasteiger partial charge in [0.05, 0.1) is 11.6 Å². The highest BCUT2D eigenvalue weighted by molar-refractivity contribution is 6.30. The number of carbonyl (C=O) groups is 1. The van der Waals surface area contributed by atoms with E-state index in [2.05, 4.69) is 5.32 Å². The summed E-state index contributed by atoms with van der Waals surface area (Å²) in [5, 5.41) is 31.3. The van der Waals surface area contributed by atoms with Gasteiger partial charge in [-0.1, -0.05) is 11.6 Å². The molecule has 0 spiro atoms. The molecule has 0 aromatic heterocycles. The lowest BCUT2D eigenvalue weighted by Crippen LogP contribution is -2.34. The summed E-state index contributed by atoms with van der Waals surface area (Å²) in [5.74, 6) is -0.312. The van der Waals surface area contributed by atoms with Crippen LogP contribution in [0.4, 0.5) is 0 Å². The summed E-state index contributed by atoms with van der Waals surface area (Å²) in [6.07, 6.45) is -2.50. The smallest absolute Gasteiger partial charge is 0.216 e. The summed E-state index contributed by atoms with van der Waals surface area (Å²) in [5.41, 5.74) is 0.469. The summed E-state index contributed by atoms with van der Waals surface area (Å²) in [6.45, 7) is 1.20. The van der Waals surface area contributed by atoms with Crippen molar-refractivity contribution in [3.05, 3.63) is 34.3 Å². The first-order valence-corrected chi connectivity index (χ1v) is 5.63. The number of carbonyl (C=O) groups excluding carboxylic acids is 1. The molecule has 96 valence electrons. The van der Waals surface area contributed by atoms with Gasteiger partial charge in [-0.3, -0.25) is 4.79 Å². The molecule has 1 aromatic rings. The standard InChI is InChI=1S/C12H13ClN2O3/c1-7(16)15-6-11(17)12(18)10-4-9(13)3-2-8(10)5-14/h2-4,11-12,17-18H,6H2,1H3,(H,15,16). The number of halogens is 1. The van der Waals surface area contributed by atoms with Gasteiger partial charge < -0.3 is 15.5 Å². The van der Waals surface area contributed by atoms with Crippen molar-refractivity contribution in [3.8, 4) is 6.07 Å². The van der Waals surface area contributed by atoms with E-state index in [1.165, 1.54) is 25.1 Å². The number of nitrogens with zero attached hydrogens (tertiary/aromatic N) is 1. The van der Waals surface area contributed by atoms with Crippen LogP contribution in [0.3, 0.4) is 0 Å². The maximum Gasteiger partial charge on any atom is 0.216 e. The molecular weight excluding hydrogens is 256 g/mol. The summed E-state index contributed by atoms with van der Waals surface area (Å²) in [6, 6.07) is 6.31. The van der Waals surface area contributed by atoms with Gasteiger partial charge in [0, 0.05) is 24.1 Å². The Balaban J connectivity index is 2.89. The van der Waals surface area contributed by atoms with E-state index in [-0.39, 0.29) is 23.6 Å². The average Bonchev–Trinajstić information content (AvgIpc) is 2.34. The molecule has 1 amide bonds. The van der Waals surface area contributed by atoms with E-state index in [0.29, 0.717) is 5.02 Å². The Morgan fingerprint density at radius 2 is 2.22 bits per heavy atom. The number of aliphatic hydroxyl groups excluding tert-OH is 2. The molecule has 5 nitrogen and oxygen atoms in total. The molecule has 0 saturated heterocycles. The van der Waals surface area contributed by atoms with Crippen LogP contribution in [-0.2, 0) is 4.79 Å². The maximum atomic E-state index is 10.7. The zero-order valence-corrected chi connectivity index (χ0v) is 10.5. The van der Waals surface area contributed by atoms with E-state index in [0.717, 1.165) is 0 Å². The predicted octanol–water partition coefficient (Wildman–Crippen LogP) is 0.742. The lowest BCUT2D eigenvalue weighted by Gasteiger charge is -2.19. The molecule has 0 aliphatic carbocycles. The van der Waals surface area contributed by atoms with Crippen LogP contribution >= 0.6 is 11.6 Å². The third kappa shape index (κ3) is 3.70. The van der Waals surface area contributed by atoms with Gasteiger partial charge in [0.25, 0.3) is 0 Å². The molecule has 6 heteroatoms. The number of benzene rings is 1. The second-order valence-electron chi connectivity index (χ2n) is 3.79. The minimum atomic E-state index is -1.29. The average molecular weight is 269 g/mol. The van der Waals surface area contributed by atoms with Crippen molar-refractivity contribution in [2.45, 2.75) is 19.1 Å². The molecule has 0 fully saturated rings. The summed E-state index contributed by atoms with van der Waals surface area (Å²) in [4.78, 5) is 10.7. The first kappa shape index (κ1) is 14.5. The molecule has 18 heavy (non-hydrogen) atoms. The summed E-state index contributed by atoms with van der Waals surface area (Å²) < 4.78 is 0. The monoisotopic (exact) mass is 268 g/mol. The van der Waals surface area contributed by atoms with Crippen molar-refractivity contribution < 1.29 is 15.0 Å². The SMILES string of the molecule is CC(=O)NCC(O)C(O)c1cc(Cl)ccc1C#N. The molecule has 2 atom stereocenters. The molecule has 0 radical (unpaired) electrons. The zero-order valence-electron chi connectivity index (χ0n) is 9.72. The van der Waals surface area contributed by atoms with Crippen LogP contribution in [0.2, 0.25) is 5.02 Å². The quantitative estimate of drug-likeness (QED) is 0.751. The van der Waals surface area contributed by atoms with Gasteiger partial charge in [0.15, 0.2) is 0 Å². The highest BCUT2D eigenvalue weighted by Gasteiger charge is 2.21. The number of hydrogen-bond acceptors (Lipinski definition) is 4. The van der Waals surface area contributed by atoms with E-state index >= 15 is 0 Å². The molecule has 0 saturated carbocycles. The van der Waals surface area contributed by atoms with E-state index in [1.54, 1.807) is 0 Å². The van der Waals surface area contributed by atoms with Crippen LogP contribution in [0.5, 0.6) is 0 Å². The molecule has 2 unspecified atom stereocenters. The van der Waals surface area contributed by atoms with Gasteiger partial charge in [-0.2, -0.15) is 5.26 Å². The second kappa shape index (κ2) is 6.36. The highest BCUT2D eigenvalue weighted by atomic mass is 35.5. The Hall–Kier alpha value is -1.61. The number of rotatable bonds is 4. The van der Waals surface area contributed by atoms with Crippen molar-refractivity contribution >= 4 is 17.5 Å². The van der Waals surface area contributed by atoms with Crippen LogP contribution in [0, 0.1) is 11.3 Å². The van der Waals surface area contributed by atoms with Crippen LogP contribution < -0.4 is 5.32 Å². The van der Waals surface area contributed by atoms with Gasteiger partial charge in [0.1, 0.15) is 12.2 Å². The number of amides is 1. The van der Waals surface area contributed by atoms with E-state index in [1.807, 2.05) is 6.07 Å². The molecule has 3 N–H and O–H groups in total. The van der Waals surface area contributed by atoms with Gasteiger partial charge >= 0.3 is 0 Å². The molecule has 1 rings (SSSR count). The Morgan fingerprint density at radius 3 is 2.78 bits per heavy atom. The third-order valence-corrected chi connectivity index (χ3v) is 2.61. The van der Waals surface area contributed by atoms with Gasteiger partial charge in [-0.15, -0.1) is 0 Å². The third-order valence-electron chi connectivity index (χ3n) is 2.38.